The Morgan fingerprint density at radius 3 is 2.55 bits per heavy atom. The summed E-state index contributed by atoms with van der Waals surface area (Å²) in [4.78, 5) is 11.3. The number of carbonyl (C=O) groups is 1. The number of aromatic nitrogens is 2. The van der Waals surface area contributed by atoms with Crippen molar-refractivity contribution in [3.8, 4) is 11.6 Å². The minimum atomic E-state index is -1.14. The van der Waals surface area contributed by atoms with Gasteiger partial charge in [-0.25, -0.2) is 9.18 Å². The monoisotopic (exact) mass is 276 g/mol. The van der Waals surface area contributed by atoms with Crippen molar-refractivity contribution >= 4 is 5.97 Å². The molecule has 5 nitrogen and oxygen atoms in total. The van der Waals surface area contributed by atoms with E-state index in [4.69, 9.17) is 4.74 Å². The molecule has 0 aliphatic heterocycles. The molecule has 0 fully saturated rings. The summed E-state index contributed by atoms with van der Waals surface area (Å²) in [5, 5.41) is 16.9. The average Bonchev–Trinajstić information content (AvgIpc) is 2.36. The summed E-state index contributed by atoms with van der Waals surface area (Å²) >= 11 is 0. The number of nitrogens with zero attached hydrogens (tertiary/aromatic N) is 2. The molecule has 0 unspecified atom stereocenters. The van der Waals surface area contributed by atoms with Gasteiger partial charge in [0.2, 0.25) is 0 Å². The van der Waals surface area contributed by atoms with Crippen LogP contribution in [0.2, 0.25) is 0 Å². The normalized spacial score (nSPS) is 10.4. The fraction of sp³-hybridized carbons (Fsp3) is 0.214. The Kier molecular flexibility index (Phi) is 3.65. The van der Waals surface area contributed by atoms with E-state index >= 15 is 0 Å². The second kappa shape index (κ2) is 5.24. The first-order valence-electron chi connectivity index (χ1n) is 5.91. The lowest BCUT2D eigenvalue weighted by molar-refractivity contribution is 0.0692. The van der Waals surface area contributed by atoms with Gasteiger partial charge in [0.1, 0.15) is 17.1 Å². The predicted molar refractivity (Wildman–Crippen MR) is 69.7 cm³/mol. The van der Waals surface area contributed by atoms with Crippen LogP contribution in [0.3, 0.4) is 0 Å². The van der Waals surface area contributed by atoms with Crippen LogP contribution >= 0.6 is 0 Å². The highest BCUT2D eigenvalue weighted by Gasteiger charge is 2.20. The van der Waals surface area contributed by atoms with Crippen LogP contribution in [0.5, 0.6) is 11.6 Å². The summed E-state index contributed by atoms with van der Waals surface area (Å²) in [5.74, 6) is -1.29. The zero-order valence-corrected chi connectivity index (χ0v) is 11.3. The van der Waals surface area contributed by atoms with Crippen molar-refractivity contribution in [1.29, 1.82) is 0 Å². The molecular weight excluding hydrogens is 263 g/mol. The van der Waals surface area contributed by atoms with Crippen molar-refractivity contribution in [2.24, 2.45) is 0 Å². The number of hydrogen-bond acceptors (Lipinski definition) is 4. The number of ether oxygens (including phenoxy) is 1. The van der Waals surface area contributed by atoms with Gasteiger partial charge >= 0.3 is 5.97 Å². The quantitative estimate of drug-likeness (QED) is 0.932. The molecule has 20 heavy (non-hydrogen) atoms. The second-order valence-corrected chi connectivity index (χ2v) is 4.41. The van der Waals surface area contributed by atoms with Crippen LogP contribution in [0.25, 0.3) is 0 Å². The SMILES string of the molecule is Cc1cc(F)ccc1Oc1nnc(C)c(C)c1C(=O)O. The molecule has 104 valence electrons. The Bertz CT molecular complexity index is 686. The number of hydrogen-bond donors (Lipinski definition) is 1. The topological polar surface area (TPSA) is 72.3 Å². The lowest BCUT2D eigenvalue weighted by Gasteiger charge is -2.11. The van der Waals surface area contributed by atoms with E-state index in [-0.39, 0.29) is 17.3 Å². The lowest BCUT2D eigenvalue weighted by Crippen LogP contribution is -2.08. The lowest BCUT2D eigenvalue weighted by atomic mass is 10.1. The number of carboxylic acid groups (broad SMARTS) is 1. The number of rotatable bonds is 3. The maximum absolute atomic E-state index is 13.0. The van der Waals surface area contributed by atoms with Gasteiger partial charge < -0.3 is 9.84 Å². The van der Waals surface area contributed by atoms with Gasteiger partial charge in [-0.05, 0) is 50.1 Å². The van der Waals surface area contributed by atoms with Crippen LogP contribution in [0.1, 0.15) is 27.2 Å². The molecule has 6 heteroatoms. The van der Waals surface area contributed by atoms with Gasteiger partial charge in [0, 0.05) is 0 Å². The minimum Gasteiger partial charge on any atom is -0.477 e. The number of halogens is 1. The van der Waals surface area contributed by atoms with Crippen LogP contribution in [0.4, 0.5) is 4.39 Å². The molecule has 1 aromatic carbocycles. The van der Waals surface area contributed by atoms with Crippen LogP contribution in [0, 0.1) is 26.6 Å². The second-order valence-electron chi connectivity index (χ2n) is 4.41. The summed E-state index contributed by atoms with van der Waals surface area (Å²) in [5.41, 5.74) is 1.51. The number of carboxylic acids is 1. The highest BCUT2D eigenvalue weighted by atomic mass is 19.1. The van der Waals surface area contributed by atoms with E-state index in [1.54, 1.807) is 20.8 Å². The predicted octanol–water partition coefficient (Wildman–Crippen LogP) is 3.03. The Balaban J connectivity index is 2.48. The fourth-order valence-electron chi connectivity index (χ4n) is 1.74. The van der Waals surface area contributed by atoms with Crippen LogP contribution in [-0.2, 0) is 0 Å². The molecule has 0 radical (unpaired) electrons. The standard InChI is InChI=1S/C14H13FN2O3/c1-7-6-10(15)4-5-11(7)20-13-12(14(18)19)8(2)9(3)16-17-13/h4-6H,1-3H3,(H,18,19). The van der Waals surface area contributed by atoms with Crippen LogP contribution in [-0.4, -0.2) is 21.3 Å². The number of benzene rings is 1. The zero-order chi connectivity index (χ0) is 14.9. The van der Waals surface area contributed by atoms with Gasteiger partial charge in [0.15, 0.2) is 0 Å². The Labute approximate surface area is 115 Å². The molecule has 0 spiro atoms. The van der Waals surface area contributed by atoms with Crippen molar-refractivity contribution in [3.63, 3.8) is 0 Å². The maximum atomic E-state index is 13.0. The smallest absolute Gasteiger partial charge is 0.341 e. The first kappa shape index (κ1) is 13.9. The molecule has 0 atom stereocenters. The van der Waals surface area contributed by atoms with E-state index in [2.05, 4.69) is 10.2 Å². The highest BCUT2D eigenvalue weighted by molar-refractivity contribution is 5.92. The van der Waals surface area contributed by atoms with Crippen molar-refractivity contribution in [2.45, 2.75) is 20.8 Å². The molecule has 1 heterocycles. The molecule has 0 aliphatic carbocycles. The number of aryl methyl sites for hydroxylation is 2. The highest BCUT2D eigenvalue weighted by Crippen LogP contribution is 2.28. The van der Waals surface area contributed by atoms with E-state index in [1.807, 2.05) is 0 Å². The molecule has 0 saturated carbocycles. The summed E-state index contributed by atoms with van der Waals surface area (Å²) in [6, 6.07) is 3.95. The fourth-order valence-corrected chi connectivity index (χ4v) is 1.74. The molecule has 2 rings (SSSR count). The van der Waals surface area contributed by atoms with Crippen LogP contribution in [0.15, 0.2) is 18.2 Å². The van der Waals surface area contributed by atoms with Gasteiger partial charge in [0.25, 0.3) is 5.88 Å². The van der Waals surface area contributed by atoms with Crippen LogP contribution < -0.4 is 4.74 Å². The molecule has 0 aliphatic rings. The summed E-state index contributed by atoms with van der Waals surface area (Å²) < 4.78 is 18.5. The maximum Gasteiger partial charge on any atom is 0.341 e. The van der Waals surface area contributed by atoms with E-state index in [0.29, 0.717) is 22.6 Å². The molecule has 2 aromatic rings. The third-order valence-corrected chi connectivity index (χ3v) is 2.98. The van der Waals surface area contributed by atoms with E-state index in [0.717, 1.165) is 0 Å². The average molecular weight is 276 g/mol. The third-order valence-electron chi connectivity index (χ3n) is 2.98. The van der Waals surface area contributed by atoms with Gasteiger partial charge in [-0.2, -0.15) is 5.10 Å². The minimum absolute atomic E-state index is 0.0405. The summed E-state index contributed by atoms with van der Waals surface area (Å²) in [7, 11) is 0. The van der Waals surface area contributed by atoms with E-state index in [1.165, 1.54) is 18.2 Å². The summed E-state index contributed by atoms with van der Waals surface area (Å²) in [6.07, 6.45) is 0. The van der Waals surface area contributed by atoms with Crippen molar-refractivity contribution < 1.29 is 19.0 Å². The van der Waals surface area contributed by atoms with Crippen molar-refractivity contribution in [2.75, 3.05) is 0 Å². The Hall–Kier alpha value is -2.50. The Morgan fingerprint density at radius 1 is 1.25 bits per heavy atom. The van der Waals surface area contributed by atoms with Gasteiger partial charge in [-0.15, -0.1) is 5.10 Å². The number of aromatic carboxylic acids is 1. The largest absolute Gasteiger partial charge is 0.477 e. The molecule has 0 amide bonds. The van der Waals surface area contributed by atoms with Crippen molar-refractivity contribution in [3.05, 3.63) is 46.4 Å². The third kappa shape index (κ3) is 2.59. The first-order chi connectivity index (χ1) is 9.40. The van der Waals surface area contributed by atoms with E-state index < -0.39 is 5.97 Å². The van der Waals surface area contributed by atoms with Gasteiger partial charge in [-0.3, -0.25) is 0 Å². The van der Waals surface area contributed by atoms with Gasteiger partial charge in [0.05, 0.1) is 5.69 Å². The molecular formula is C14H13FN2O3. The summed E-state index contributed by atoms with van der Waals surface area (Å²) in [6.45, 7) is 4.97. The van der Waals surface area contributed by atoms with Gasteiger partial charge in [-0.1, -0.05) is 0 Å². The molecule has 1 aromatic heterocycles. The molecule has 1 N–H and O–H groups in total. The van der Waals surface area contributed by atoms with Crippen molar-refractivity contribution in [1.82, 2.24) is 10.2 Å². The zero-order valence-electron chi connectivity index (χ0n) is 11.3. The molecule has 0 bridgehead atoms. The Morgan fingerprint density at radius 2 is 1.95 bits per heavy atom. The molecule has 0 saturated heterocycles. The first-order valence-corrected chi connectivity index (χ1v) is 5.91. The van der Waals surface area contributed by atoms with E-state index in [9.17, 15) is 14.3 Å².